The zero-order chi connectivity index (χ0) is 16.4. The molecule has 0 radical (unpaired) electrons. The van der Waals surface area contributed by atoms with E-state index in [2.05, 4.69) is 6.08 Å². The number of aliphatic carboxylic acids is 1. The molecule has 0 aliphatic heterocycles. The van der Waals surface area contributed by atoms with Crippen LogP contribution >= 0.6 is 0 Å². The minimum absolute atomic E-state index is 0.0725. The monoisotopic (exact) mass is 310 g/mol. The third-order valence-electron chi connectivity index (χ3n) is 4.10. The van der Waals surface area contributed by atoms with Gasteiger partial charge in [-0.1, -0.05) is 44.6 Å². The number of carbonyl (C=O) groups is 1. The van der Waals surface area contributed by atoms with Gasteiger partial charge in [0.15, 0.2) is 0 Å². The average Bonchev–Trinajstić information content (AvgIpc) is 2.36. The van der Waals surface area contributed by atoms with Crippen LogP contribution in [0.3, 0.4) is 0 Å². The summed E-state index contributed by atoms with van der Waals surface area (Å²) in [6.07, 6.45) is 14.3. The maximum atomic E-state index is 11.2. The molecule has 3 nitrogen and oxygen atoms in total. The van der Waals surface area contributed by atoms with Crippen LogP contribution in [-0.2, 0) is 9.53 Å². The second-order valence-corrected chi connectivity index (χ2v) is 7.46. The Kier molecular flexibility index (Phi) is 8.77. The number of hydrogen-bond donors (Lipinski definition) is 1. The summed E-state index contributed by atoms with van der Waals surface area (Å²) in [5, 5.41) is 9.21. The van der Waals surface area contributed by atoms with Crippen molar-refractivity contribution in [3.63, 3.8) is 0 Å². The van der Waals surface area contributed by atoms with Crippen LogP contribution < -0.4 is 0 Å². The molecule has 1 N–H and O–H groups in total. The van der Waals surface area contributed by atoms with Crippen LogP contribution in [-0.4, -0.2) is 22.8 Å². The number of rotatable bonds is 4. The highest BCUT2D eigenvalue weighted by Gasteiger charge is 2.24. The molecule has 1 rings (SSSR count). The number of allylic oxidation sites excluding steroid dienone is 1. The Morgan fingerprint density at radius 2 is 1.64 bits per heavy atom. The Morgan fingerprint density at radius 1 is 1.09 bits per heavy atom. The van der Waals surface area contributed by atoms with Gasteiger partial charge in [0, 0.05) is 0 Å². The first kappa shape index (κ1) is 19.2. The summed E-state index contributed by atoms with van der Waals surface area (Å²) < 4.78 is 6.06. The molecular weight excluding hydrogens is 276 g/mol. The van der Waals surface area contributed by atoms with Gasteiger partial charge in [0.1, 0.15) is 0 Å². The van der Waals surface area contributed by atoms with E-state index in [9.17, 15) is 9.90 Å². The molecule has 0 aromatic heterocycles. The first-order valence-corrected chi connectivity index (χ1v) is 8.97. The highest BCUT2D eigenvalue weighted by Crippen LogP contribution is 2.25. The Labute approximate surface area is 136 Å². The van der Waals surface area contributed by atoms with E-state index >= 15 is 0 Å². The van der Waals surface area contributed by atoms with Gasteiger partial charge in [0.2, 0.25) is 0 Å². The second kappa shape index (κ2) is 10.0. The summed E-state index contributed by atoms with van der Waals surface area (Å²) in [6.45, 7) is 5.99. The topological polar surface area (TPSA) is 46.5 Å². The molecule has 1 atom stereocenters. The molecule has 0 amide bonds. The molecule has 0 fully saturated rings. The summed E-state index contributed by atoms with van der Waals surface area (Å²) in [4.78, 5) is 11.2. The Bertz CT molecular complexity index is 352. The van der Waals surface area contributed by atoms with Gasteiger partial charge in [0.25, 0.3) is 0 Å². The molecule has 128 valence electrons. The van der Waals surface area contributed by atoms with Crippen molar-refractivity contribution in [1.29, 1.82) is 0 Å². The fourth-order valence-electron chi connectivity index (χ4n) is 3.05. The van der Waals surface area contributed by atoms with Crippen molar-refractivity contribution in [3.8, 4) is 0 Å². The zero-order valence-electron chi connectivity index (χ0n) is 14.7. The van der Waals surface area contributed by atoms with E-state index in [1.165, 1.54) is 50.5 Å². The molecule has 22 heavy (non-hydrogen) atoms. The fourth-order valence-corrected chi connectivity index (χ4v) is 3.05. The van der Waals surface area contributed by atoms with Gasteiger partial charge in [-0.15, -0.1) is 0 Å². The maximum absolute atomic E-state index is 11.2. The zero-order valence-corrected chi connectivity index (χ0v) is 14.7. The van der Waals surface area contributed by atoms with Crippen molar-refractivity contribution in [2.45, 2.75) is 103 Å². The van der Waals surface area contributed by atoms with Crippen LogP contribution in [0.25, 0.3) is 0 Å². The fraction of sp³-hybridized carbons (Fsp3) is 0.842. The lowest BCUT2D eigenvalue weighted by molar-refractivity contribution is -0.142. The molecule has 1 aliphatic rings. The van der Waals surface area contributed by atoms with E-state index in [-0.39, 0.29) is 18.1 Å². The van der Waals surface area contributed by atoms with E-state index < -0.39 is 5.97 Å². The van der Waals surface area contributed by atoms with Crippen molar-refractivity contribution in [2.75, 3.05) is 0 Å². The molecule has 1 unspecified atom stereocenters. The quantitative estimate of drug-likeness (QED) is 0.699. The van der Waals surface area contributed by atoms with Gasteiger partial charge >= 0.3 is 5.97 Å². The predicted molar refractivity (Wildman–Crippen MR) is 91.1 cm³/mol. The van der Waals surface area contributed by atoms with Gasteiger partial charge in [-0.3, -0.25) is 4.79 Å². The molecular formula is C19H34O3. The van der Waals surface area contributed by atoms with E-state index in [0.717, 1.165) is 19.3 Å². The van der Waals surface area contributed by atoms with Crippen LogP contribution in [0.2, 0.25) is 0 Å². The lowest BCUT2D eigenvalue weighted by Crippen LogP contribution is -2.30. The summed E-state index contributed by atoms with van der Waals surface area (Å²) in [5.74, 6) is -0.777. The molecule has 0 saturated carbocycles. The van der Waals surface area contributed by atoms with Crippen LogP contribution in [0.5, 0.6) is 0 Å². The van der Waals surface area contributed by atoms with Crippen molar-refractivity contribution < 1.29 is 14.6 Å². The Hall–Kier alpha value is -0.830. The summed E-state index contributed by atoms with van der Waals surface area (Å²) >= 11 is 0. The lowest BCUT2D eigenvalue weighted by atomic mass is 9.95. The Balaban J connectivity index is 2.76. The third kappa shape index (κ3) is 9.24. The highest BCUT2D eigenvalue weighted by molar-refractivity contribution is 5.68. The van der Waals surface area contributed by atoms with Crippen molar-refractivity contribution in [2.24, 2.45) is 0 Å². The van der Waals surface area contributed by atoms with E-state index in [1.807, 2.05) is 20.8 Å². The normalized spacial score (nSPS) is 22.8. The Morgan fingerprint density at radius 3 is 2.18 bits per heavy atom. The van der Waals surface area contributed by atoms with E-state index in [4.69, 9.17) is 4.74 Å². The molecule has 0 saturated heterocycles. The SMILES string of the molecule is CC(C)(C)OC(CC(=O)O)/C1=C\CCCCCCCCCC1. The standard InChI is InChI=1S/C19H34O3/c1-19(2,3)22-17(15-18(20)21)16-13-11-9-7-5-4-6-8-10-12-14-16/h13,17H,4-12,14-15H2,1-3H3,(H,20,21)/b16-13-. The van der Waals surface area contributed by atoms with Crippen molar-refractivity contribution in [1.82, 2.24) is 0 Å². The van der Waals surface area contributed by atoms with Crippen molar-refractivity contribution >= 4 is 5.97 Å². The molecule has 1 aliphatic carbocycles. The van der Waals surface area contributed by atoms with Crippen LogP contribution in [0.1, 0.15) is 91.4 Å². The van der Waals surface area contributed by atoms with Gasteiger partial charge in [-0.05, 0) is 52.0 Å². The summed E-state index contributed by atoms with van der Waals surface area (Å²) in [5.41, 5.74) is 0.892. The average molecular weight is 310 g/mol. The van der Waals surface area contributed by atoms with Gasteiger partial charge in [-0.2, -0.15) is 0 Å². The molecule has 0 aromatic rings. The van der Waals surface area contributed by atoms with Crippen LogP contribution in [0.15, 0.2) is 11.6 Å². The molecule has 0 aromatic carbocycles. The molecule has 3 heteroatoms. The number of carboxylic acids is 1. The molecule has 0 heterocycles. The maximum Gasteiger partial charge on any atom is 0.306 e. The van der Waals surface area contributed by atoms with Crippen molar-refractivity contribution in [3.05, 3.63) is 11.6 Å². The smallest absolute Gasteiger partial charge is 0.306 e. The highest BCUT2D eigenvalue weighted by atomic mass is 16.5. The van der Waals surface area contributed by atoms with Gasteiger partial charge in [0.05, 0.1) is 18.1 Å². The summed E-state index contributed by atoms with van der Waals surface area (Å²) in [6, 6.07) is 0. The van der Waals surface area contributed by atoms with Crippen LogP contribution in [0.4, 0.5) is 0 Å². The first-order chi connectivity index (χ1) is 10.4. The molecule has 0 bridgehead atoms. The predicted octanol–water partition coefficient (Wildman–Crippen LogP) is 5.49. The number of carboxylic acid groups (broad SMARTS) is 1. The number of ether oxygens (including phenoxy) is 1. The second-order valence-electron chi connectivity index (χ2n) is 7.46. The third-order valence-corrected chi connectivity index (χ3v) is 4.10. The number of hydrogen-bond acceptors (Lipinski definition) is 2. The van der Waals surface area contributed by atoms with E-state index in [0.29, 0.717) is 0 Å². The largest absolute Gasteiger partial charge is 0.481 e. The van der Waals surface area contributed by atoms with Gasteiger partial charge in [-0.25, -0.2) is 0 Å². The van der Waals surface area contributed by atoms with E-state index in [1.54, 1.807) is 0 Å². The minimum Gasteiger partial charge on any atom is -0.481 e. The first-order valence-electron chi connectivity index (χ1n) is 8.97. The minimum atomic E-state index is -0.777. The summed E-state index contributed by atoms with van der Waals surface area (Å²) in [7, 11) is 0. The lowest BCUT2D eigenvalue weighted by Gasteiger charge is -2.29. The molecule has 0 spiro atoms. The van der Waals surface area contributed by atoms with Crippen LogP contribution in [0, 0.1) is 0 Å². The van der Waals surface area contributed by atoms with Gasteiger partial charge < -0.3 is 9.84 Å².